The molecule has 1 atom stereocenters. The first-order chi connectivity index (χ1) is 7.71. The molecule has 2 nitrogen and oxygen atoms in total. The van der Waals surface area contributed by atoms with Crippen LogP contribution in [0.25, 0.3) is 0 Å². The number of hydrogen-bond donors (Lipinski definition) is 0. The number of rotatable bonds is 2. The quantitative estimate of drug-likeness (QED) is 0.750. The van der Waals surface area contributed by atoms with E-state index in [0.29, 0.717) is 0 Å². The lowest BCUT2D eigenvalue weighted by molar-refractivity contribution is 0.598. The van der Waals surface area contributed by atoms with Gasteiger partial charge in [-0.3, -0.25) is 0 Å². The fourth-order valence-electron chi connectivity index (χ4n) is 1.09. The minimum absolute atomic E-state index is 0.0441. The smallest absolute Gasteiger partial charge is 0.145 e. The summed E-state index contributed by atoms with van der Waals surface area (Å²) in [5.74, 6) is -1.11. The van der Waals surface area contributed by atoms with E-state index < -0.39 is 27.4 Å². The summed E-state index contributed by atoms with van der Waals surface area (Å²) in [5.41, 5.74) is 0.276. The molecule has 17 heavy (non-hydrogen) atoms. The number of hydrogen-bond acceptors (Lipinski definition) is 1. The fraction of sp³-hybridized carbons (Fsp3) is 0.417. The third-order valence-corrected chi connectivity index (χ3v) is 3.55. The van der Waals surface area contributed by atoms with Crippen molar-refractivity contribution in [2.75, 3.05) is 0 Å². The highest BCUT2D eigenvalue weighted by Crippen LogP contribution is 2.16. The van der Waals surface area contributed by atoms with E-state index in [2.05, 4.69) is 4.40 Å². The molecule has 1 aromatic carbocycles. The molecule has 1 aromatic rings. The van der Waals surface area contributed by atoms with E-state index in [9.17, 15) is 13.0 Å². The SMILES string of the molecule is CC(=N[S@](=O)C(C)(C)C)c1cc(F)ccc1F. The Kier molecular flexibility index (Phi) is 4.14. The zero-order chi connectivity index (χ0) is 13.2. The highest BCUT2D eigenvalue weighted by molar-refractivity contribution is 7.85. The Labute approximate surface area is 102 Å². The topological polar surface area (TPSA) is 29.4 Å². The van der Waals surface area contributed by atoms with Crippen LogP contribution in [0.5, 0.6) is 0 Å². The minimum atomic E-state index is -1.48. The summed E-state index contributed by atoms with van der Waals surface area (Å²) in [6.07, 6.45) is 0. The Bertz CT molecular complexity index is 478. The highest BCUT2D eigenvalue weighted by Gasteiger charge is 2.19. The lowest BCUT2D eigenvalue weighted by Gasteiger charge is -2.14. The van der Waals surface area contributed by atoms with Crippen molar-refractivity contribution in [1.82, 2.24) is 0 Å². The summed E-state index contributed by atoms with van der Waals surface area (Å²) in [4.78, 5) is 0. The molecular formula is C12H15F2NOS. The van der Waals surface area contributed by atoms with Crippen LogP contribution in [0.3, 0.4) is 0 Å². The molecule has 0 aromatic heterocycles. The first kappa shape index (κ1) is 14.0. The number of halogens is 2. The molecule has 0 fully saturated rings. The second kappa shape index (κ2) is 5.04. The maximum Gasteiger partial charge on any atom is 0.145 e. The summed E-state index contributed by atoms with van der Waals surface area (Å²) in [7, 11) is -1.48. The van der Waals surface area contributed by atoms with E-state index >= 15 is 0 Å². The largest absolute Gasteiger partial charge is 0.234 e. The van der Waals surface area contributed by atoms with Crippen molar-refractivity contribution >= 4 is 16.7 Å². The van der Waals surface area contributed by atoms with Gasteiger partial charge in [0.1, 0.15) is 22.6 Å². The molecular weight excluding hydrogens is 244 g/mol. The Balaban J connectivity index is 3.12. The van der Waals surface area contributed by atoms with E-state index in [-0.39, 0.29) is 11.3 Å². The molecule has 0 aliphatic rings. The Hall–Kier alpha value is -1.10. The number of benzene rings is 1. The maximum absolute atomic E-state index is 13.4. The van der Waals surface area contributed by atoms with Crippen molar-refractivity contribution in [3.05, 3.63) is 35.4 Å². The van der Waals surface area contributed by atoms with Gasteiger partial charge in [-0.05, 0) is 45.9 Å². The van der Waals surface area contributed by atoms with Gasteiger partial charge in [0, 0.05) is 5.56 Å². The molecule has 0 amide bonds. The molecule has 0 saturated carbocycles. The fourth-order valence-corrected chi connectivity index (χ4v) is 1.71. The van der Waals surface area contributed by atoms with Crippen molar-refractivity contribution in [2.24, 2.45) is 4.40 Å². The van der Waals surface area contributed by atoms with Crippen molar-refractivity contribution in [2.45, 2.75) is 32.4 Å². The summed E-state index contributed by atoms with van der Waals surface area (Å²) in [5, 5.41) is 0. The van der Waals surface area contributed by atoms with Crippen LogP contribution < -0.4 is 0 Å². The Morgan fingerprint density at radius 2 is 1.88 bits per heavy atom. The van der Waals surface area contributed by atoms with Crippen LogP contribution in [0, 0.1) is 11.6 Å². The normalized spacial score (nSPS) is 14.8. The maximum atomic E-state index is 13.4. The van der Waals surface area contributed by atoms with Crippen LogP contribution in [0.2, 0.25) is 0 Å². The van der Waals surface area contributed by atoms with Gasteiger partial charge in [-0.15, -0.1) is 0 Å². The second-order valence-electron chi connectivity index (χ2n) is 4.66. The van der Waals surface area contributed by atoms with E-state index in [1.165, 1.54) is 6.92 Å². The van der Waals surface area contributed by atoms with Gasteiger partial charge < -0.3 is 0 Å². The van der Waals surface area contributed by atoms with Gasteiger partial charge in [0.25, 0.3) is 0 Å². The molecule has 0 N–H and O–H groups in total. The van der Waals surface area contributed by atoms with Crippen molar-refractivity contribution in [3.63, 3.8) is 0 Å². The van der Waals surface area contributed by atoms with Crippen LogP contribution >= 0.6 is 0 Å². The number of nitrogens with zero attached hydrogens (tertiary/aromatic N) is 1. The molecule has 5 heteroatoms. The standard InChI is InChI=1S/C12H15F2NOS/c1-8(15-17(16)12(2,3)4)10-7-9(13)5-6-11(10)14/h5-7H,1-4H3/t17-/m1/s1. The third kappa shape index (κ3) is 3.70. The molecule has 0 aliphatic carbocycles. The molecule has 0 bridgehead atoms. The third-order valence-electron chi connectivity index (χ3n) is 2.06. The van der Waals surface area contributed by atoms with Gasteiger partial charge in [-0.25, -0.2) is 13.0 Å². The van der Waals surface area contributed by atoms with Gasteiger partial charge in [0.2, 0.25) is 0 Å². The van der Waals surface area contributed by atoms with Crippen LogP contribution in [0.1, 0.15) is 33.3 Å². The lowest BCUT2D eigenvalue weighted by atomic mass is 10.1. The molecule has 0 spiro atoms. The van der Waals surface area contributed by atoms with Crippen LogP contribution in [0.4, 0.5) is 8.78 Å². The lowest BCUT2D eigenvalue weighted by Crippen LogP contribution is -2.20. The first-order valence-corrected chi connectivity index (χ1v) is 6.25. The van der Waals surface area contributed by atoms with E-state index in [1.54, 1.807) is 20.8 Å². The molecule has 0 saturated heterocycles. The van der Waals surface area contributed by atoms with Gasteiger partial charge in [0.15, 0.2) is 0 Å². The molecule has 0 unspecified atom stereocenters. The van der Waals surface area contributed by atoms with Crippen molar-refractivity contribution in [1.29, 1.82) is 0 Å². The zero-order valence-electron chi connectivity index (χ0n) is 10.3. The predicted molar refractivity (Wildman–Crippen MR) is 66.5 cm³/mol. The molecule has 94 valence electrons. The monoisotopic (exact) mass is 259 g/mol. The second-order valence-corrected chi connectivity index (χ2v) is 6.57. The minimum Gasteiger partial charge on any atom is -0.234 e. The summed E-state index contributed by atoms with van der Waals surface area (Å²) in [6, 6.07) is 3.12. The van der Waals surface area contributed by atoms with Gasteiger partial charge in [0.05, 0.1) is 10.5 Å². The van der Waals surface area contributed by atoms with E-state index in [4.69, 9.17) is 0 Å². The average Bonchev–Trinajstić information content (AvgIpc) is 2.20. The molecule has 0 heterocycles. The summed E-state index contributed by atoms with van der Waals surface area (Å²) < 4.78 is 41.5. The summed E-state index contributed by atoms with van der Waals surface area (Å²) >= 11 is 0. The van der Waals surface area contributed by atoms with Crippen LogP contribution in [-0.4, -0.2) is 14.7 Å². The van der Waals surface area contributed by atoms with Gasteiger partial charge in [-0.1, -0.05) is 0 Å². The zero-order valence-corrected chi connectivity index (χ0v) is 11.1. The summed E-state index contributed by atoms with van der Waals surface area (Å²) in [6.45, 7) is 6.81. The van der Waals surface area contributed by atoms with E-state index in [0.717, 1.165) is 18.2 Å². The average molecular weight is 259 g/mol. The van der Waals surface area contributed by atoms with Crippen molar-refractivity contribution in [3.8, 4) is 0 Å². The van der Waals surface area contributed by atoms with Crippen LogP contribution in [0.15, 0.2) is 22.6 Å². The van der Waals surface area contributed by atoms with Gasteiger partial charge in [-0.2, -0.15) is 4.40 Å². The van der Waals surface area contributed by atoms with E-state index in [1.807, 2.05) is 0 Å². The molecule has 0 radical (unpaired) electrons. The predicted octanol–water partition coefficient (Wildman–Crippen LogP) is 3.24. The molecule has 1 rings (SSSR count). The van der Waals surface area contributed by atoms with Crippen LogP contribution in [-0.2, 0) is 11.0 Å². The van der Waals surface area contributed by atoms with Gasteiger partial charge >= 0.3 is 0 Å². The highest BCUT2D eigenvalue weighted by atomic mass is 32.2. The molecule has 0 aliphatic heterocycles. The van der Waals surface area contributed by atoms with Crippen molar-refractivity contribution < 1.29 is 13.0 Å². The Morgan fingerprint density at radius 1 is 1.29 bits per heavy atom. The first-order valence-electron chi connectivity index (χ1n) is 5.14. The Morgan fingerprint density at radius 3 is 2.41 bits per heavy atom.